The third-order valence-corrected chi connectivity index (χ3v) is 2.76. The van der Waals surface area contributed by atoms with Gasteiger partial charge in [0.2, 0.25) is 0 Å². The Labute approximate surface area is 108 Å². The van der Waals surface area contributed by atoms with Gasteiger partial charge in [0.15, 0.2) is 0 Å². The van der Waals surface area contributed by atoms with E-state index in [2.05, 4.69) is 47.3 Å². The fourth-order valence-corrected chi connectivity index (χ4v) is 2.16. The lowest BCUT2D eigenvalue weighted by Gasteiger charge is -2.06. The first-order chi connectivity index (χ1) is 8.67. The normalized spacial score (nSPS) is 10.6. The topological polar surface area (TPSA) is 37.8 Å². The molecule has 0 aliphatic carbocycles. The Morgan fingerprint density at radius 3 is 2.50 bits per heavy atom. The van der Waals surface area contributed by atoms with E-state index in [4.69, 9.17) is 0 Å². The Bertz CT molecular complexity index is 515. The Kier molecular flexibility index (Phi) is 4.05. The van der Waals surface area contributed by atoms with Gasteiger partial charge >= 0.3 is 0 Å². The first-order valence-corrected chi connectivity index (χ1v) is 6.20. The number of nitrogens with zero attached hydrogens (tertiary/aromatic N) is 2. The summed E-state index contributed by atoms with van der Waals surface area (Å²) in [5.74, 6) is 0.882. The highest BCUT2D eigenvalue weighted by Crippen LogP contribution is 2.12. The Morgan fingerprint density at radius 2 is 1.83 bits per heavy atom. The molecule has 18 heavy (non-hydrogen) atoms. The molecule has 94 valence electrons. The predicted octanol–water partition coefficient (Wildman–Crippen LogP) is 2.40. The zero-order valence-corrected chi connectivity index (χ0v) is 11.2. The van der Waals surface area contributed by atoms with E-state index in [9.17, 15) is 0 Å². The summed E-state index contributed by atoms with van der Waals surface area (Å²) in [5.41, 5.74) is 4.88. The van der Waals surface area contributed by atoms with Crippen LogP contribution in [0.3, 0.4) is 0 Å². The molecule has 0 radical (unpaired) electrons. The van der Waals surface area contributed by atoms with Gasteiger partial charge < -0.3 is 5.32 Å². The zero-order chi connectivity index (χ0) is 13.0. The molecule has 3 nitrogen and oxygen atoms in total. The van der Waals surface area contributed by atoms with Crippen LogP contribution in [0.5, 0.6) is 0 Å². The van der Waals surface area contributed by atoms with E-state index in [1.807, 2.05) is 19.3 Å². The molecule has 0 bridgehead atoms. The molecule has 2 aromatic rings. The third kappa shape index (κ3) is 3.37. The lowest BCUT2D eigenvalue weighted by Crippen LogP contribution is -2.09. The molecule has 2 rings (SSSR count). The van der Waals surface area contributed by atoms with Crippen molar-refractivity contribution in [3.63, 3.8) is 0 Å². The second kappa shape index (κ2) is 5.74. The average Bonchev–Trinajstić information content (AvgIpc) is 2.28. The standard InChI is InChI=1S/C15H19N3/c1-11-6-12(2)8-13(7-11)9-15-17-5-4-14(18-15)10-16-3/h4-8,16H,9-10H2,1-3H3. The average molecular weight is 241 g/mol. The first kappa shape index (κ1) is 12.7. The highest BCUT2D eigenvalue weighted by molar-refractivity contribution is 5.30. The van der Waals surface area contributed by atoms with Gasteiger partial charge in [-0.3, -0.25) is 0 Å². The fourth-order valence-electron chi connectivity index (χ4n) is 2.16. The van der Waals surface area contributed by atoms with E-state index in [1.165, 1.54) is 16.7 Å². The minimum atomic E-state index is 0.780. The molecular weight excluding hydrogens is 222 g/mol. The molecule has 1 aromatic heterocycles. The number of aryl methyl sites for hydroxylation is 2. The number of rotatable bonds is 4. The van der Waals surface area contributed by atoms with Gasteiger partial charge in [0.25, 0.3) is 0 Å². The van der Waals surface area contributed by atoms with Crippen LogP contribution in [0, 0.1) is 13.8 Å². The van der Waals surface area contributed by atoms with E-state index in [1.54, 1.807) is 0 Å². The highest BCUT2D eigenvalue weighted by atomic mass is 14.9. The second-order valence-corrected chi connectivity index (χ2v) is 4.67. The molecule has 1 heterocycles. The molecule has 0 aliphatic rings. The first-order valence-electron chi connectivity index (χ1n) is 6.20. The minimum absolute atomic E-state index is 0.780. The lowest BCUT2D eigenvalue weighted by atomic mass is 10.0. The van der Waals surface area contributed by atoms with Gasteiger partial charge in [0.05, 0.1) is 5.69 Å². The highest BCUT2D eigenvalue weighted by Gasteiger charge is 2.02. The Balaban J connectivity index is 2.20. The van der Waals surface area contributed by atoms with Crippen LogP contribution >= 0.6 is 0 Å². The number of aromatic nitrogens is 2. The molecular formula is C15H19N3. The second-order valence-electron chi connectivity index (χ2n) is 4.67. The van der Waals surface area contributed by atoms with Crippen LogP contribution in [-0.4, -0.2) is 17.0 Å². The summed E-state index contributed by atoms with van der Waals surface area (Å²) in [7, 11) is 1.92. The van der Waals surface area contributed by atoms with Crippen LogP contribution in [0.25, 0.3) is 0 Å². The number of hydrogen-bond donors (Lipinski definition) is 1. The molecule has 0 saturated carbocycles. The number of hydrogen-bond acceptors (Lipinski definition) is 3. The van der Waals surface area contributed by atoms with Crippen LogP contribution in [0.2, 0.25) is 0 Å². The third-order valence-electron chi connectivity index (χ3n) is 2.76. The van der Waals surface area contributed by atoms with E-state index in [-0.39, 0.29) is 0 Å². The predicted molar refractivity (Wildman–Crippen MR) is 73.5 cm³/mol. The fraction of sp³-hybridized carbons (Fsp3) is 0.333. The van der Waals surface area contributed by atoms with Gasteiger partial charge in [-0.15, -0.1) is 0 Å². The smallest absolute Gasteiger partial charge is 0.132 e. The maximum Gasteiger partial charge on any atom is 0.132 e. The molecule has 0 amide bonds. The van der Waals surface area contributed by atoms with Crippen molar-refractivity contribution in [3.05, 3.63) is 58.7 Å². The zero-order valence-electron chi connectivity index (χ0n) is 11.2. The van der Waals surface area contributed by atoms with Gasteiger partial charge in [-0.25, -0.2) is 9.97 Å². The minimum Gasteiger partial charge on any atom is -0.314 e. The van der Waals surface area contributed by atoms with Gasteiger partial charge in [0.1, 0.15) is 5.82 Å². The van der Waals surface area contributed by atoms with Crippen molar-refractivity contribution in [2.75, 3.05) is 7.05 Å². The van der Waals surface area contributed by atoms with Gasteiger partial charge in [-0.2, -0.15) is 0 Å². The lowest BCUT2D eigenvalue weighted by molar-refractivity contribution is 0.772. The van der Waals surface area contributed by atoms with Gasteiger partial charge in [0, 0.05) is 19.2 Å². The molecule has 0 unspecified atom stereocenters. The van der Waals surface area contributed by atoms with E-state index < -0.39 is 0 Å². The van der Waals surface area contributed by atoms with Gasteiger partial charge in [-0.1, -0.05) is 29.3 Å². The largest absolute Gasteiger partial charge is 0.314 e. The maximum atomic E-state index is 4.54. The molecule has 0 atom stereocenters. The molecule has 1 N–H and O–H groups in total. The summed E-state index contributed by atoms with van der Waals surface area (Å²) in [4.78, 5) is 8.88. The molecule has 0 aliphatic heterocycles. The van der Waals surface area contributed by atoms with E-state index in [0.717, 1.165) is 24.5 Å². The van der Waals surface area contributed by atoms with Crippen molar-refractivity contribution >= 4 is 0 Å². The van der Waals surface area contributed by atoms with Crippen molar-refractivity contribution in [1.82, 2.24) is 15.3 Å². The van der Waals surface area contributed by atoms with Crippen molar-refractivity contribution in [2.45, 2.75) is 26.8 Å². The van der Waals surface area contributed by atoms with Crippen molar-refractivity contribution in [1.29, 1.82) is 0 Å². The summed E-state index contributed by atoms with van der Waals surface area (Å²) in [6, 6.07) is 8.52. The summed E-state index contributed by atoms with van der Waals surface area (Å²) >= 11 is 0. The molecule has 0 spiro atoms. The van der Waals surface area contributed by atoms with Crippen molar-refractivity contribution in [3.8, 4) is 0 Å². The van der Waals surface area contributed by atoms with Crippen LogP contribution in [0.15, 0.2) is 30.5 Å². The Morgan fingerprint density at radius 1 is 1.11 bits per heavy atom. The van der Waals surface area contributed by atoms with Crippen LogP contribution in [0.1, 0.15) is 28.2 Å². The molecule has 0 fully saturated rings. The van der Waals surface area contributed by atoms with E-state index >= 15 is 0 Å². The monoisotopic (exact) mass is 241 g/mol. The van der Waals surface area contributed by atoms with Crippen LogP contribution < -0.4 is 5.32 Å². The summed E-state index contributed by atoms with van der Waals surface area (Å²) in [5, 5.41) is 3.10. The number of benzene rings is 1. The summed E-state index contributed by atoms with van der Waals surface area (Å²) < 4.78 is 0. The molecule has 3 heteroatoms. The Hall–Kier alpha value is -1.74. The quantitative estimate of drug-likeness (QED) is 0.893. The van der Waals surface area contributed by atoms with E-state index in [0.29, 0.717) is 0 Å². The van der Waals surface area contributed by atoms with Crippen LogP contribution in [-0.2, 0) is 13.0 Å². The summed E-state index contributed by atoms with van der Waals surface area (Å²) in [6.07, 6.45) is 2.62. The van der Waals surface area contributed by atoms with Crippen molar-refractivity contribution in [2.24, 2.45) is 0 Å². The number of nitrogens with one attached hydrogen (secondary N) is 1. The maximum absolute atomic E-state index is 4.54. The SMILES string of the molecule is CNCc1ccnc(Cc2cc(C)cc(C)c2)n1. The summed E-state index contributed by atoms with van der Waals surface area (Å²) in [6.45, 7) is 5.02. The van der Waals surface area contributed by atoms with Gasteiger partial charge in [-0.05, 0) is 32.5 Å². The molecule has 0 saturated heterocycles. The van der Waals surface area contributed by atoms with Crippen LogP contribution in [0.4, 0.5) is 0 Å². The molecule has 1 aromatic carbocycles. The van der Waals surface area contributed by atoms with Crippen molar-refractivity contribution < 1.29 is 0 Å².